The smallest absolute Gasteiger partial charge is 0.234 e. The third-order valence-corrected chi connectivity index (χ3v) is 4.47. The predicted octanol–water partition coefficient (Wildman–Crippen LogP) is 2.51. The Balaban J connectivity index is 1.83. The maximum atomic E-state index is 11.6. The Morgan fingerprint density at radius 2 is 2.53 bits per heavy atom. The lowest BCUT2D eigenvalue weighted by atomic mass is 10.4. The van der Waals surface area contributed by atoms with E-state index in [-0.39, 0.29) is 5.91 Å². The number of aromatic nitrogens is 1. The van der Waals surface area contributed by atoms with Gasteiger partial charge in [-0.05, 0) is 12.1 Å². The van der Waals surface area contributed by atoms with Gasteiger partial charge in [0.05, 0.1) is 18.0 Å². The third-order valence-electron chi connectivity index (χ3n) is 1.92. The summed E-state index contributed by atoms with van der Waals surface area (Å²) in [6.45, 7) is 0.850. The Bertz CT molecular complexity index is 453. The normalized spacial score (nSPS) is 14.5. The minimum Gasteiger partial charge on any atom is -0.323 e. The van der Waals surface area contributed by atoms with Gasteiger partial charge in [0.1, 0.15) is 4.38 Å². The molecular weight excluding hydrogens is 278 g/mol. The van der Waals surface area contributed by atoms with Gasteiger partial charge in [-0.2, -0.15) is 0 Å². The van der Waals surface area contributed by atoms with Gasteiger partial charge < -0.3 is 5.32 Å². The molecule has 0 spiro atoms. The first kappa shape index (κ1) is 12.7. The number of hydrogen-bond donors (Lipinski definition) is 1. The molecule has 1 aliphatic heterocycles. The Kier molecular flexibility index (Phi) is 4.70. The number of anilines is 1. The van der Waals surface area contributed by atoms with Crippen LogP contribution >= 0.6 is 35.1 Å². The van der Waals surface area contributed by atoms with Crippen molar-refractivity contribution in [2.75, 3.05) is 23.4 Å². The predicted molar refractivity (Wildman–Crippen MR) is 75.1 cm³/mol. The van der Waals surface area contributed by atoms with E-state index < -0.39 is 0 Å². The second kappa shape index (κ2) is 6.28. The van der Waals surface area contributed by atoms with Crippen molar-refractivity contribution in [2.45, 2.75) is 0 Å². The molecule has 0 aromatic carbocycles. The standard InChI is InChI=1S/C10H10ClN3OS2/c11-9-7(2-1-3-12-9)14-8(15)6-17-10-13-4-5-16-10/h1-3H,4-6H2,(H,14,15). The number of nitrogens with one attached hydrogen (secondary N) is 1. The highest BCUT2D eigenvalue weighted by atomic mass is 35.5. The van der Waals surface area contributed by atoms with Crippen LogP contribution in [-0.2, 0) is 4.79 Å². The molecule has 0 atom stereocenters. The molecule has 1 N–H and O–H groups in total. The molecule has 0 radical (unpaired) electrons. The molecule has 0 aliphatic carbocycles. The lowest BCUT2D eigenvalue weighted by molar-refractivity contribution is -0.113. The second-order valence-corrected chi connectivity index (χ2v) is 5.84. The number of carbonyl (C=O) groups excluding carboxylic acids is 1. The van der Waals surface area contributed by atoms with Gasteiger partial charge in [0.2, 0.25) is 5.91 Å². The number of halogens is 1. The average Bonchev–Trinajstić information content (AvgIpc) is 2.82. The van der Waals surface area contributed by atoms with Crippen LogP contribution in [0.3, 0.4) is 0 Å². The maximum absolute atomic E-state index is 11.6. The van der Waals surface area contributed by atoms with E-state index in [0.29, 0.717) is 16.6 Å². The van der Waals surface area contributed by atoms with Crippen LogP contribution in [0.25, 0.3) is 0 Å². The number of aliphatic imine (C=N–C) groups is 1. The number of pyridine rings is 1. The van der Waals surface area contributed by atoms with Crippen LogP contribution in [0.15, 0.2) is 23.3 Å². The lowest BCUT2D eigenvalue weighted by Gasteiger charge is -2.05. The van der Waals surface area contributed by atoms with Crippen LogP contribution in [-0.4, -0.2) is 33.3 Å². The fraction of sp³-hybridized carbons (Fsp3) is 0.300. The van der Waals surface area contributed by atoms with E-state index in [2.05, 4.69) is 15.3 Å². The zero-order valence-electron chi connectivity index (χ0n) is 8.85. The number of amides is 1. The van der Waals surface area contributed by atoms with Crippen molar-refractivity contribution in [2.24, 2.45) is 4.99 Å². The van der Waals surface area contributed by atoms with Crippen molar-refractivity contribution >= 4 is 51.1 Å². The summed E-state index contributed by atoms with van der Waals surface area (Å²) in [6, 6.07) is 3.45. The molecule has 0 bridgehead atoms. The summed E-state index contributed by atoms with van der Waals surface area (Å²) >= 11 is 8.98. The number of rotatable bonds is 3. The van der Waals surface area contributed by atoms with Gasteiger partial charge in [0, 0.05) is 11.9 Å². The van der Waals surface area contributed by atoms with Crippen molar-refractivity contribution in [1.29, 1.82) is 0 Å². The van der Waals surface area contributed by atoms with Gasteiger partial charge in [0.25, 0.3) is 0 Å². The molecule has 0 saturated heterocycles. The largest absolute Gasteiger partial charge is 0.323 e. The fourth-order valence-corrected chi connectivity index (χ4v) is 3.17. The third kappa shape index (κ3) is 3.90. The second-order valence-electron chi connectivity index (χ2n) is 3.17. The first-order valence-corrected chi connectivity index (χ1v) is 7.31. The molecule has 0 fully saturated rings. The molecule has 1 aliphatic rings. The highest BCUT2D eigenvalue weighted by Gasteiger charge is 2.11. The molecule has 2 heterocycles. The highest BCUT2D eigenvalue weighted by Crippen LogP contribution is 2.23. The summed E-state index contributed by atoms with van der Waals surface area (Å²) < 4.78 is 0.984. The van der Waals surface area contributed by atoms with Crippen molar-refractivity contribution in [3.8, 4) is 0 Å². The highest BCUT2D eigenvalue weighted by molar-refractivity contribution is 8.39. The van der Waals surface area contributed by atoms with Crippen LogP contribution in [0.4, 0.5) is 5.69 Å². The minimum absolute atomic E-state index is 0.0971. The number of thioether (sulfide) groups is 2. The number of nitrogens with zero attached hydrogens (tertiary/aromatic N) is 2. The zero-order chi connectivity index (χ0) is 12.1. The van der Waals surface area contributed by atoms with E-state index >= 15 is 0 Å². The molecule has 4 nitrogen and oxygen atoms in total. The Hall–Kier alpha value is -0.720. The molecule has 1 aromatic rings. The van der Waals surface area contributed by atoms with E-state index in [0.717, 1.165) is 16.7 Å². The topological polar surface area (TPSA) is 54.4 Å². The van der Waals surface area contributed by atoms with E-state index in [1.54, 1.807) is 30.1 Å². The summed E-state index contributed by atoms with van der Waals surface area (Å²) in [5.41, 5.74) is 0.542. The van der Waals surface area contributed by atoms with Gasteiger partial charge >= 0.3 is 0 Å². The van der Waals surface area contributed by atoms with Gasteiger partial charge in [-0.25, -0.2) is 4.98 Å². The van der Waals surface area contributed by atoms with Crippen LogP contribution in [0.1, 0.15) is 0 Å². The van der Waals surface area contributed by atoms with E-state index in [9.17, 15) is 4.79 Å². The summed E-state index contributed by atoms with van der Waals surface area (Å²) in [4.78, 5) is 19.8. The molecule has 17 heavy (non-hydrogen) atoms. The van der Waals surface area contributed by atoms with Gasteiger partial charge in [-0.3, -0.25) is 9.79 Å². The van der Waals surface area contributed by atoms with Gasteiger partial charge in [-0.15, -0.1) is 0 Å². The van der Waals surface area contributed by atoms with E-state index in [1.807, 2.05) is 0 Å². The van der Waals surface area contributed by atoms with Crippen LogP contribution in [0.5, 0.6) is 0 Å². The summed E-state index contributed by atoms with van der Waals surface area (Å²) in [5.74, 6) is 1.26. The van der Waals surface area contributed by atoms with Crippen LogP contribution < -0.4 is 5.32 Å². The average molecular weight is 288 g/mol. The van der Waals surface area contributed by atoms with Crippen LogP contribution in [0.2, 0.25) is 5.15 Å². The van der Waals surface area contributed by atoms with Crippen LogP contribution in [0, 0.1) is 0 Å². The summed E-state index contributed by atoms with van der Waals surface area (Å²) in [7, 11) is 0. The van der Waals surface area contributed by atoms with Gasteiger partial charge in [-0.1, -0.05) is 35.1 Å². The Morgan fingerprint density at radius 3 is 3.24 bits per heavy atom. The Labute approximate surface area is 113 Å². The van der Waals surface area contributed by atoms with Crippen molar-refractivity contribution < 1.29 is 4.79 Å². The molecular formula is C10H10ClN3OS2. The SMILES string of the molecule is O=C(CSC1=NCCS1)Nc1cccnc1Cl. The number of carbonyl (C=O) groups is 1. The van der Waals surface area contributed by atoms with E-state index in [4.69, 9.17) is 11.6 Å². The van der Waals surface area contributed by atoms with Crippen molar-refractivity contribution in [3.05, 3.63) is 23.5 Å². The molecule has 2 rings (SSSR count). The minimum atomic E-state index is -0.0971. The first-order valence-electron chi connectivity index (χ1n) is 4.96. The molecule has 1 amide bonds. The fourth-order valence-electron chi connectivity index (χ4n) is 1.20. The maximum Gasteiger partial charge on any atom is 0.234 e. The Morgan fingerprint density at radius 1 is 1.65 bits per heavy atom. The first-order chi connectivity index (χ1) is 8.25. The van der Waals surface area contributed by atoms with Crippen molar-refractivity contribution in [1.82, 2.24) is 4.98 Å². The molecule has 0 saturated carbocycles. The monoisotopic (exact) mass is 287 g/mol. The lowest BCUT2D eigenvalue weighted by Crippen LogP contribution is -2.15. The quantitative estimate of drug-likeness (QED) is 0.868. The molecule has 0 unspecified atom stereocenters. The molecule has 1 aromatic heterocycles. The summed E-state index contributed by atoms with van der Waals surface area (Å²) in [6.07, 6.45) is 1.58. The van der Waals surface area contributed by atoms with E-state index in [1.165, 1.54) is 11.8 Å². The van der Waals surface area contributed by atoms with Crippen molar-refractivity contribution in [3.63, 3.8) is 0 Å². The molecule has 90 valence electrons. The zero-order valence-corrected chi connectivity index (χ0v) is 11.2. The van der Waals surface area contributed by atoms with Gasteiger partial charge in [0.15, 0.2) is 5.15 Å². The molecule has 7 heteroatoms. The number of hydrogen-bond acceptors (Lipinski definition) is 5. The summed E-state index contributed by atoms with van der Waals surface area (Å²) in [5, 5.41) is 3.02.